The van der Waals surface area contributed by atoms with Gasteiger partial charge in [-0.1, -0.05) is 13.8 Å². The van der Waals surface area contributed by atoms with Crippen molar-refractivity contribution in [3.05, 3.63) is 46.9 Å². The van der Waals surface area contributed by atoms with Crippen molar-refractivity contribution in [1.82, 2.24) is 5.32 Å². The third kappa shape index (κ3) is 4.23. The highest BCUT2D eigenvalue weighted by Gasteiger charge is 2.35. The lowest BCUT2D eigenvalue weighted by Crippen LogP contribution is -2.36. The van der Waals surface area contributed by atoms with Crippen LogP contribution < -0.4 is 14.8 Å². The molecule has 5 nitrogen and oxygen atoms in total. The van der Waals surface area contributed by atoms with Gasteiger partial charge in [0.05, 0.1) is 13.2 Å². The van der Waals surface area contributed by atoms with E-state index in [9.17, 15) is 13.6 Å². The summed E-state index contributed by atoms with van der Waals surface area (Å²) in [5.41, 5.74) is 1.28. The highest BCUT2D eigenvalue weighted by Crippen LogP contribution is 2.42. The van der Waals surface area contributed by atoms with E-state index in [1.807, 2.05) is 13.0 Å². The third-order valence-corrected chi connectivity index (χ3v) is 4.68. The van der Waals surface area contributed by atoms with Crippen LogP contribution in [0.2, 0.25) is 0 Å². The van der Waals surface area contributed by atoms with Crippen molar-refractivity contribution >= 4 is 5.91 Å². The first-order valence-electron chi connectivity index (χ1n) is 8.71. The number of benzene rings is 1. The van der Waals surface area contributed by atoms with Crippen LogP contribution in [0, 0.1) is 12.3 Å². The fraction of sp³-hybridized carbons (Fsp3) is 0.450. The molecule has 1 N–H and O–H groups in total. The predicted octanol–water partition coefficient (Wildman–Crippen LogP) is 4.64. The highest BCUT2D eigenvalue weighted by atomic mass is 19.3. The number of ether oxygens (including phenoxy) is 2. The number of aryl methyl sites for hydroxylation is 1. The minimum atomic E-state index is -2.97. The minimum absolute atomic E-state index is 0.0120. The molecular formula is C20H23F2NO4. The molecule has 1 aromatic heterocycles. The number of carbonyl (C=O) groups excluding carboxylic acids is 1. The van der Waals surface area contributed by atoms with E-state index in [-0.39, 0.29) is 28.9 Å². The molecule has 0 saturated carbocycles. The zero-order valence-corrected chi connectivity index (χ0v) is 15.8. The first-order chi connectivity index (χ1) is 12.7. The fourth-order valence-electron chi connectivity index (χ4n) is 3.56. The lowest BCUT2D eigenvalue weighted by Gasteiger charge is -2.34. The van der Waals surface area contributed by atoms with Gasteiger partial charge in [0, 0.05) is 17.5 Å². The Labute approximate surface area is 156 Å². The summed E-state index contributed by atoms with van der Waals surface area (Å²) in [5, 5.41) is 3.03. The Kier molecular flexibility index (Phi) is 5.13. The van der Waals surface area contributed by atoms with Gasteiger partial charge in [-0.3, -0.25) is 4.79 Å². The summed E-state index contributed by atoms with van der Waals surface area (Å²) in [6, 6.07) is 5.90. The van der Waals surface area contributed by atoms with Crippen molar-refractivity contribution < 1.29 is 27.5 Å². The zero-order valence-electron chi connectivity index (χ0n) is 15.8. The van der Waals surface area contributed by atoms with Crippen LogP contribution in [-0.4, -0.2) is 19.6 Å². The van der Waals surface area contributed by atoms with E-state index >= 15 is 0 Å². The van der Waals surface area contributed by atoms with E-state index in [1.165, 1.54) is 25.3 Å². The summed E-state index contributed by atoms with van der Waals surface area (Å²) >= 11 is 0. The Bertz CT molecular complexity index is 845. The van der Waals surface area contributed by atoms with E-state index < -0.39 is 6.61 Å². The molecule has 2 aromatic rings. The van der Waals surface area contributed by atoms with Crippen LogP contribution in [0.15, 0.2) is 28.7 Å². The third-order valence-electron chi connectivity index (χ3n) is 4.68. The number of nitrogens with one attached hydrogen (secondary N) is 1. The zero-order chi connectivity index (χ0) is 19.8. The summed E-state index contributed by atoms with van der Waals surface area (Å²) in [6.45, 7) is 3.18. The second-order valence-electron chi connectivity index (χ2n) is 7.55. The second kappa shape index (κ2) is 7.21. The molecule has 1 aliphatic rings. The maximum absolute atomic E-state index is 12.8. The van der Waals surface area contributed by atoms with Crippen LogP contribution in [0.4, 0.5) is 8.78 Å². The molecule has 27 heavy (non-hydrogen) atoms. The Morgan fingerprint density at radius 2 is 2.04 bits per heavy atom. The molecule has 1 aromatic carbocycles. The smallest absolute Gasteiger partial charge is 0.387 e. The summed E-state index contributed by atoms with van der Waals surface area (Å²) in [6.07, 6.45) is 1.59. The number of methoxy groups -OCH3 is 1. The van der Waals surface area contributed by atoms with Gasteiger partial charge >= 0.3 is 6.61 Å². The van der Waals surface area contributed by atoms with Crippen molar-refractivity contribution in [1.29, 1.82) is 0 Å². The molecule has 1 unspecified atom stereocenters. The topological polar surface area (TPSA) is 60.7 Å². The van der Waals surface area contributed by atoms with Crippen LogP contribution in [0.3, 0.4) is 0 Å². The normalized spacial score (nSPS) is 18.1. The van der Waals surface area contributed by atoms with Gasteiger partial charge in [0.1, 0.15) is 11.5 Å². The molecule has 1 atom stereocenters. The van der Waals surface area contributed by atoms with Gasteiger partial charge in [-0.2, -0.15) is 8.78 Å². The molecule has 3 rings (SSSR count). The Morgan fingerprint density at radius 3 is 2.70 bits per heavy atom. The Morgan fingerprint density at radius 1 is 1.30 bits per heavy atom. The van der Waals surface area contributed by atoms with E-state index in [0.29, 0.717) is 5.56 Å². The maximum atomic E-state index is 12.8. The van der Waals surface area contributed by atoms with Crippen molar-refractivity contribution in [3.63, 3.8) is 0 Å². The van der Waals surface area contributed by atoms with Gasteiger partial charge in [0.25, 0.3) is 5.91 Å². The second-order valence-corrected chi connectivity index (χ2v) is 7.55. The quantitative estimate of drug-likeness (QED) is 0.822. The average Bonchev–Trinajstić information content (AvgIpc) is 2.93. The van der Waals surface area contributed by atoms with Crippen molar-refractivity contribution in [3.8, 4) is 11.5 Å². The molecule has 0 aliphatic heterocycles. The molecule has 0 radical (unpaired) electrons. The maximum Gasteiger partial charge on any atom is 0.387 e. The number of fused-ring (bicyclic) bond motifs is 1. The van der Waals surface area contributed by atoms with Gasteiger partial charge in [-0.25, -0.2) is 0 Å². The van der Waals surface area contributed by atoms with Crippen molar-refractivity contribution in [2.75, 3.05) is 7.11 Å². The predicted molar refractivity (Wildman–Crippen MR) is 95.4 cm³/mol. The molecule has 0 spiro atoms. The van der Waals surface area contributed by atoms with Crippen LogP contribution >= 0.6 is 0 Å². The molecule has 7 heteroatoms. The average molecular weight is 379 g/mol. The largest absolute Gasteiger partial charge is 0.493 e. The Hall–Kier alpha value is -2.57. The van der Waals surface area contributed by atoms with E-state index in [1.54, 1.807) is 0 Å². The first kappa shape index (κ1) is 19.2. The van der Waals surface area contributed by atoms with E-state index in [0.717, 1.165) is 29.9 Å². The number of hydrogen-bond acceptors (Lipinski definition) is 4. The summed E-state index contributed by atoms with van der Waals surface area (Å²) in [7, 11) is 1.33. The van der Waals surface area contributed by atoms with Gasteiger partial charge in [0.2, 0.25) is 0 Å². The molecule has 1 heterocycles. The van der Waals surface area contributed by atoms with Gasteiger partial charge < -0.3 is 19.2 Å². The highest BCUT2D eigenvalue weighted by molar-refractivity contribution is 5.95. The summed E-state index contributed by atoms with van der Waals surface area (Å²) in [4.78, 5) is 12.8. The summed E-state index contributed by atoms with van der Waals surface area (Å²) < 4.78 is 40.2. The molecule has 0 saturated heterocycles. The molecule has 1 aliphatic carbocycles. The van der Waals surface area contributed by atoms with Crippen LogP contribution in [0.5, 0.6) is 11.5 Å². The van der Waals surface area contributed by atoms with E-state index in [2.05, 4.69) is 23.9 Å². The van der Waals surface area contributed by atoms with Crippen LogP contribution in [0.25, 0.3) is 0 Å². The number of halogens is 2. The number of amides is 1. The number of rotatable bonds is 5. The van der Waals surface area contributed by atoms with E-state index in [4.69, 9.17) is 9.15 Å². The molecule has 146 valence electrons. The molecule has 1 amide bonds. The SMILES string of the molecule is COc1cc(C(=O)NC2CC(C)(C)Cc3oc(C)cc32)ccc1OC(F)F. The lowest BCUT2D eigenvalue weighted by atomic mass is 9.74. The monoisotopic (exact) mass is 379 g/mol. The number of carbonyl (C=O) groups is 1. The molecule has 0 bridgehead atoms. The van der Waals surface area contributed by atoms with Crippen LogP contribution in [0.1, 0.15) is 53.8 Å². The Balaban J connectivity index is 1.83. The number of hydrogen-bond donors (Lipinski definition) is 1. The van der Waals surface area contributed by atoms with Crippen LogP contribution in [-0.2, 0) is 6.42 Å². The molecular weight excluding hydrogens is 356 g/mol. The molecule has 0 fully saturated rings. The number of furan rings is 1. The van der Waals surface area contributed by atoms with Crippen molar-refractivity contribution in [2.45, 2.75) is 46.3 Å². The summed E-state index contributed by atoms with van der Waals surface area (Å²) in [5.74, 6) is 1.35. The minimum Gasteiger partial charge on any atom is -0.493 e. The van der Waals surface area contributed by atoms with Gasteiger partial charge in [-0.05, 0) is 43.0 Å². The number of alkyl halides is 2. The van der Waals surface area contributed by atoms with Gasteiger partial charge in [-0.15, -0.1) is 0 Å². The first-order valence-corrected chi connectivity index (χ1v) is 8.71. The standard InChI is InChI=1S/C20H23F2NO4/c1-11-7-13-14(9-20(2,3)10-17(13)26-11)23-18(24)12-5-6-15(27-19(21)22)16(8-12)25-4/h5-8,14,19H,9-10H2,1-4H3,(H,23,24). The van der Waals surface area contributed by atoms with Gasteiger partial charge in [0.15, 0.2) is 11.5 Å². The fourth-order valence-corrected chi connectivity index (χ4v) is 3.56. The van der Waals surface area contributed by atoms with Crippen molar-refractivity contribution in [2.24, 2.45) is 5.41 Å². The lowest BCUT2D eigenvalue weighted by molar-refractivity contribution is -0.0512.